The molecule has 2 rings (SSSR count). The van der Waals surface area contributed by atoms with Gasteiger partial charge in [-0.15, -0.1) is 0 Å². The molecular formula is C13H17ClN4. The molecule has 0 bridgehead atoms. The first-order chi connectivity index (χ1) is 8.49. The number of nitrogens with zero attached hydrogens (tertiary/aromatic N) is 2. The van der Waals surface area contributed by atoms with Crippen molar-refractivity contribution in [3.63, 3.8) is 0 Å². The van der Waals surface area contributed by atoms with Crippen LogP contribution < -0.4 is 11.1 Å². The number of rotatable bonds is 3. The molecule has 0 aliphatic heterocycles. The Kier molecular flexibility index (Phi) is 3.48. The molecule has 0 fully saturated rings. The molecule has 18 heavy (non-hydrogen) atoms. The van der Waals surface area contributed by atoms with Crippen LogP contribution in [0.15, 0.2) is 24.3 Å². The highest BCUT2D eigenvalue weighted by Crippen LogP contribution is 2.30. The first kappa shape index (κ1) is 12.8. The number of nitrogen functional groups attached to an aromatic ring is 1. The van der Waals surface area contributed by atoms with Crippen LogP contribution in [0.2, 0.25) is 5.02 Å². The zero-order valence-electron chi connectivity index (χ0n) is 10.7. The van der Waals surface area contributed by atoms with Crippen molar-refractivity contribution in [2.24, 2.45) is 7.05 Å². The van der Waals surface area contributed by atoms with Crippen LogP contribution in [0, 0.1) is 0 Å². The summed E-state index contributed by atoms with van der Waals surface area (Å²) >= 11 is 5.95. The second-order valence-corrected chi connectivity index (χ2v) is 5.00. The van der Waals surface area contributed by atoms with E-state index in [0.717, 1.165) is 17.2 Å². The predicted molar refractivity (Wildman–Crippen MR) is 76.4 cm³/mol. The van der Waals surface area contributed by atoms with Crippen molar-refractivity contribution in [3.8, 4) is 0 Å². The van der Waals surface area contributed by atoms with Gasteiger partial charge in [0.1, 0.15) is 0 Å². The fourth-order valence-corrected chi connectivity index (χ4v) is 2.03. The lowest BCUT2D eigenvalue weighted by atomic mass is 10.1. The van der Waals surface area contributed by atoms with Crippen LogP contribution in [0.5, 0.6) is 0 Å². The van der Waals surface area contributed by atoms with Gasteiger partial charge >= 0.3 is 0 Å². The van der Waals surface area contributed by atoms with Gasteiger partial charge in [-0.3, -0.25) is 4.68 Å². The van der Waals surface area contributed by atoms with Crippen LogP contribution in [0.1, 0.15) is 25.5 Å². The summed E-state index contributed by atoms with van der Waals surface area (Å²) in [4.78, 5) is 0. The first-order valence-corrected chi connectivity index (χ1v) is 6.21. The molecule has 0 atom stereocenters. The van der Waals surface area contributed by atoms with Crippen LogP contribution >= 0.6 is 11.6 Å². The summed E-state index contributed by atoms with van der Waals surface area (Å²) in [5.41, 5.74) is 8.60. The monoisotopic (exact) mass is 264 g/mol. The highest BCUT2D eigenvalue weighted by Gasteiger charge is 2.15. The molecule has 2 aromatic rings. The lowest BCUT2D eigenvalue weighted by Gasteiger charge is -2.08. The van der Waals surface area contributed by atoms with E-state index in [0.29, 0.717) is 16.6 Å². The summed E-state index contributed by atoms with van der Waals surface area (Å²) < 4.78 is 1.76. The number of hydrogen-bond donors (Lipinski definition) is 2. The van der Waals surface area contributed by atoms with E-state index >= 15 is 0 Å². The van der Waals surface area contributed by atoms with Gasteiger partial charge in [-0.2, -0.15) is 5.10 Å². The van der Waals surface area contributed by atoms with E-state index in [1.165, 1.54) is 0 Å². The van der Waals surface area contributed by atoms with Gasteiger partial charge in [0, 0.05) is 17.8 Å². The number of aromatic nitrogens is 2. The van der Waals surface area contributed by atoms with Gasteiger partial charge in [0.15, 0.2) is 5.82 Å². The SMILES string of the molecule is CC(C)c1nn(C)c(Nc2cccc(Cl)c2)c1N. The average Bonchev–Trinajstić information content (AvgIpc) is 2.57. The van der Waals surface area contributed by atoms with Gasteiger partial charge in [-0.05, 0) is 24.1 Å². The van der Waals surface area contributed by atoms with Crippen LogP contribution in [-0.2, 0) is 7.05 Å². The van der Waals surface area contributed by atoms with E-state index in [9.17, 15) is 0 Å². The Balaban J connectivity index is 2.35. The van der Waals surface area contributed by atoms with Crippen molar-refractivity contribution < 1.29 is 0 Å². The Morgan fingerprint density at radius 1 is 1.39 bits per heavy atom. The zero-order valence-corrected chi connectivity index (χ0v) is 11.5. The van der Waals surface area contributed by atoms with Crippen molar-refractivity contribution >= 4 is 28.8 Å². The number of nitrogens with one attached hydrogen (secondary N) is 1. The van der Waals surface area contributed by atoms with Gasteiger partial charge in [-0.25, -0.2) is 0 Å². The molecule has 1 aromatic heterocycles. The van der Waals surface area contributed by atoms with Crippen molar-refractivity contribution in [2.75, 3.05) is 11.1 Å². The topological polar surface area (TPSA) is 55.9 Å². The number of benzene rings is 1. The lowest BCUT2D eigenvalue weighted by molar-refractivity contribution is 0.718. The molecule has 0 saturated carbocycles. The highest BCUT2D eigenvalue weighted by atomic mass is 35.5. The number of halogens is 1. The van der Waals surface area contributed by atoms with Crippen molar-refractivity contribution in [3.05, 3.63) is 35.0 Å². The van der Waals surface area contributed by atoms with Gasteiger partial charge in [-0.1, -0.05) is 31.5 Å². The van der Waals surface area contributed by atoms with E-state index in [4.69, 9.17) is 17.3 Å². The highest BCUT2D eigenvalue weighted by molar-refractivity contribution is 6.30. The molecule has 96 valence electrons. The standard InChI is InChI=1S/C13H17ClN4/c1-8(2)12-11(15)13(18(3)17-12)16-10-6-4-5-9(14)7-10/h4-8,16H,15H2,1-3H3. The minimum atomic E-state index is 0.297. The maximum Gasteiger partial charge on any atom is 0.152 e. The van der Waals surface area contributed by atoms with Gasteiger partial charge in [0.25, 0.3) is 0 Å². The average molecular weight is 265 g/mol. The van der Waals surface area contributed by atoms with Crippen LogP contribution in [0.3, 0.4) is 0 Å². The van der Waals surface area contributed by atoms with Crippen molar-refractivity contribution in [2.45, 2.75) is 19.8 Å². The molecular weight excluding hydrogens is 248 g/mol. The third-order valence-corrected chi connectivity index (χ3v) is 2.98. The summed E-state index contributed by atoms with van der Waals surface area (Å²) in [6.07, 6.45) is 0. The Morgan fingerprint density at radius 3 is 2.67 bits per heavy atom. The van der Waals surface area contributed by atoms with Gasteiger partial charge in [0.2, 0.25) is 0 Å². The summed E-state index contributed by atoms with van der Waals surface area (Å²) in [5.74, 6) is 1.09. The predicted octanol–water partition coefficient (Wildman–Crippen LogP) is 3.52. The van der Waals surface area contributed by atoms with Crippen LogP contribution in [0.4, 0.5) is 17.2 Å². The molecule has 1 heterocycles. The summed E-state index contributed by atoms with van der Waals surface area (Å²) in [7, 11) is 1.87. The fraction of sp³-hybridized carbons (Fsp3) is 0.308. The number of nitrogens with two attached hydrogens (primary N) is 1. The van der Waals surface area contributed by atoms with Crippen LogP contribution in [-0.4, -0.2) is 9.78 Å². The van der Waals surface area contributed by atoms with Gasteiger partial charge < -0.3 is 11.1 Å². The number of anilines is 3. The van der Waals surface area contributed by atoms with E-state index in [1.807, 2.05) is 31.3 Å². The molecule has 5 heteroatoms. The van der Waals surface area contributed by atoms with Gasteiger partial charge in [0.05, 0.1) is 11.4 Å². The molecule has 4 nitrogen and oxygen atoms in total. The van der Waals surface area contributed by atoms with E-state index < -0.39 is 0 Å². The summed E-state index contributed by atoms with van der Waals surface area (Å²) in [5, 5.41) is 8.36. The smallest absolute Gasteiger partial charge is 0.152 e. The Labute approximate surface area is 112 Å². The van der Waals surface area contributed by atoms with Crippen molar-refractivity contribution in [1.29, 1.82) is 0 Å². The Bertz CT molecular complexity index is 560. The minimum absolute atomic E-state index is 0.297. The third-order valence-electron chi connectivity index (χ3n) is 2.75. The van der Waals surface area contributed by atoms with E-state index in [2.05, 4.69) is 24.3 Å². The maximum atomic E-state index is 6.11. The minimum Gasteiger partial charge on any atom is -0.394 e. The van der Waals surface area contributed by atoms with Crippen molar-refractivity contribution in [1.82, 2.24) is 9.78 Å². The Hall–Kier alpha value is -1.68. The van der Waals surface area contributed by atoms with E-state index in [-0.39, 0.29) is 0 Å². The molecule has 0 spiro atoms. The second-order valence-electron chi connectivity index (χ2n) is 4.56. The zero-order chi connectivity index (χ0) is 13.3. The Morgan fingerprint density at radius 2 is 2.11 bits per heavy atom. The quantitative estimate of drug-likeness (QED) is 0.892. The molecule has 0 radical (unpaired) electrons. The normalized spacial score (nSPS) is 10.9. The van der Waals surface area contributed by atoms with Crippen LogP contribution in [0.25, 0.3) is 0 Å². The third kappa shape index (κ3) is 2.43. The lowest BCUT2D eigenvalue weighted by Crippen LogP contribution is -2.01. The summed E-state index contributed by atoms with van der Waals surface area (Å²) in [6, 6.07) is 7.51. The second kappa shape index (κ2) is 4.90. The molecule has 3 N–H and O–H groups in total. The molecule has 0 aliphatic rings. The molecule has 1 aromatic carbocycles. The fourth-order valence-electron chi connectivity index (χ4n) is 1.84. The first-order valence-electron chi connectivity index (χ1n) is 5.84. The maximum absolute atomic E-state index is 6.11. The molecule has 0 aliphatic carbocycles. The molecule has 0 saturated heterocycles. The van der Waals surface area contributed by atoms with E-state index in [1.54, 1.807) is 4.68 Å². The number of hydrogen-bond acceptors (Lipinski definition) is 3. The molecule has 0 unspecified atom stereocenters. The molecule has 0 amide bonds. The summed E-state index contributed by atoms with van der Waals surface area (Å²) in [6.45, 7) is 4.14. The largest absolute Gasteiger partial charge is 0.394 e. The number of aryl methyl sites for hydroxylation is 1.